The van der Waals surface area contributed by atoms with Crippen LogP contribution in [0, 0.1) is 6.92 Å². The first kappa shape index (κ1) is 10.4. The molecule has 0 bridgehead atoms. The molecule has 0 aromatic carbocycles. The molecule has 0 aliphatic carbocycles. The molecule has 78 valence electrons. The number of rotatable bonds is 1. The van der Waals surface area contributed by atoms with Gasteiger partial charge in [0.1, 0.15) is 0 Å². The number of nitrogens with zero attached hydrogens (tertiary/aromatic N) is 3. The average molecular weight is 291 g/mol. The maximum atomic E-state index is 10.8. The largest absolute Gasteiger partial charge is 0.476 e. The molecule has 0 saturated carbocycles. The van der Waals surface area contributed by atoms with Crippen LogP contribution < -0.4 is 0 Å². The van der Waals surface area contributed by atoms with Crippen molar-refractivity contribution in [3.63, 3.8) is 0 Å². The molecule has 7 heteroatoms. The first-order valence-electron chi connectivity index (χ1n) is 3.95. The van der Waals surface area contributed by atoms with Crippen molar-refractivity contribution in [2.24, 2.45) is 0 Å². The molecule has 0 amide bonds. The molecule has 5 nitrogen and oxygen atoms in total. The Kier molecular flexibility index (Phi) is 2.40. The summed E-state index contributed by atoms with van der Waals surface area (Å²) in [6.07, 6.45) is 1.24. The predicted octanol–water partition coefficient (Wildman–Crippen LogP) is 2.15. The maximum Gasteiger partial charge on any atom is 0.356 e. The molecule has 0 atom stereocenters. The summed E-state index contributed by atoms with van der Waals surface area (Å²) >= 11 is 9.14. The normalized spacial score (nSPS) is 10.9. The molecule has 0 aliphatic heterocycles. The second-order valence-electron chi connectivity index (χ2n) is 2.91. The summed E-state index contributed by atoms with van der Waals surface area (Å²) < 4.78 is 1.84. The Labute approximate surface area is 97.8 Å². The van der Waals surface area contributed by atoms with E-state index in [2.05, 4.69) is 26.0 Å². The van der Waals surface area contributed by atoms with Crippen molar-refractivity contribution in [2.75, 3.05) is 0 Å². The van der Waals surface area contributed by atoms with Crippen LogP contribution in [0.5, 0.6) is 0 Å². The monoisotopic (exact) mass is 289 g/mol. The first-order chi connectivity index (χ1) is 7.02. The van der Waals surface area contributed by atoms with E-state index in [-0.39, 0.29) is 10.8 Å². The van der Waals surface area contributed by atoms with Gasteiger partial charge in [0.25, 0.3) is 0 Å². The quantitative estimate of drug-likeness (QED) is 0.874. The van der Waals surface area contributed by atoms with Crippen LogP contribution in [0.2, 0.25) is 5.15 Å². The van der Waals surface area contributed by atoms with E-state index in [9.17, 15) is 4.79 Å². The van der Waals surface area contributed by atoms with E-state index >= 15 is 0 Å². The molecular formula is C8H5BrClN3O2. The lowest BCUT2D eigenvalue weighted by molar-refractivity contribution is 0.0688. The summed E-state index contributed by atoms with van der Waals surface area (Å²) in [5.74, 6) is -1.10. The van der Waals surface area contributed by atoms with E-state index in [4.69, 9.17) is 16.7 Å². The van der Waals surface area contributed by atoms with Gasteiger partial charge in [-0.2, -0.15) is 5.10 Å². The first-order valence-corrected chi connectivity index (χ1v) is 5.12. The second-order valence-corrected chi connectivity index (χ2v) is 4.06. The van der Waals surface area contributed by atoms with Crippen LogP contribution in [0.15, 0.2) is 10.7 Å². The highest BCUT2D eigenvalue weighted by Gasteiger charge is 2.16. The van der Waals surface area contributed by atoms with Gasteiger partial charge in [-0.3, -0.25) is 0 Å². The average Bonchev–Trinajstić information content (AvgIpc) is 2.58. The fraction of sp³-hybridized carbons (Fsp3) is 0.125. The third kappa shape index (κ3) is 1.49. The molecule has 0 fully saturated rings. The molecule has 2 aromatic rings. The molecule has 2 heterocycles. The van der Waals surface area contributed by atoms with Gasteiger partial charge in [-0.1, -0.05) is 11.6 Å². The van der Waals surface area contributed by atoms with Gasteiger partial charge < -0.3 is 5.11 Å². The summed E-state index contributed by atoms with van der Waals surface area (Å²) in [7, 11) is 0. The highest BCUT2D eigenvalue weighted by atomic mass is 79.9. The van der Waals surface area contributed by atoms with Gasteiger partial charge in [0.05, 0.1) is 10.7 Å². The number of aromatic nitrogens is 3. The van der Waals surface area contributed by atoms with Gasteiger partial charge in [-0.25, -0.2) is 14.3 Å². The van der Waals surface area contributed by atoms with E-state index in [1.807, 2.05) is 0 Å². The smallest absolute Gasteiger partial charge is 0.356 e. The van der Waals surface area contributed by atoms with Crippen LogP contribution in [-0.4, -0.2) is 25.7 Å². The fourth-order valence-corrected chi connectivity index (χ4v) is 1.91. The van der Waals surface area contributed by atoms with Gasteiger partial charge in [0, 0.05) is 5.56 Å². The number of carboxylic acid groups (broad SMARTS) is 1. The van der Waals surface area contributed by atoms with Crippen molar-refractivity contribution in [3.8, 4) is 0 Å². The standard InChI is InChI=1S/C8H5BrClN3O2/c1-3-5(9)7-11-2-4(8(14)15)13(7)12-6(3)10/h2H,1H3,(H,14,15). The fourth-order valence-electron chi connectivity index (χ4n) is 1.16. The molecule has 0 radical (unpaired) electrons. The third-order valence-corrected chi connectivity index (χ3v) is 3.29. The minimum Gasteiger partial charge on any atom is -0.476 e. The molecule has 2 aromatic heterocycles. The number of aromatic carboxylic acids is 1. The van der Waals surface area contributed by atoms with Crippen molar-refractivity contribution >= 4 is 39.1 Å². The second kappa shape index (κ2) is 3.46. The minimum atomic E-state index is -1.10. The number of hydrogen-bond acceptors (Lipinski definition) is 3. The highest BCUT2D eigenvalue weighted by Crippen LogP contribution is 2.26. The van der Waals surface area contributed by atoms with Crippen molar-refractivity contribution in [3.05, 3.63) is 27.1 Å². The number of halogens is 2. The van der Waals surface area contributed by atoms with Crippen molar-refractivity contribution in [1.82, 2.24) is 14.6 Å². The van der Waals surface area contributed by atoms with E-state index in [0.717, 1.165) is 5.56 Å². The Bertz CT molecular complexity index is 567. The maximum absolute atomic E-state index is 10.8. The number of hydrogen-bond donors (Lipinski definition) is 1. The lowest BCUT2D eigenvalue weighted by Gasteiger charge is -2.03. The number of carbonyl (C=O) groups is 1. The summed E-state index contributed by atoms with van der Waals surface area (Å²) in [6.45, 7) is 1.77. The minimum absolute atomic E-state index is 0.0207. The van der Waals surface area contributed by atoms with Crippen LogP contribution in [0.25, 0.3) is 5.65 Å². The van der Waals surface area contributed by atoms with E-state index in [0.29, 0.717) is 10.1 Å². The summed E-state index contributed by atoms with van der Waals surface area (Å²) in [5, 5.41) is 13.0. The van der Waals surface area contributed by atoms with Gasteiger partial charge >= 0.3 is 5.97 Å². The number of imidazole rings is 1. The Morgan fingerprint density at radius 3 is 2.93 bits per heavy atom. The molecular weight excluding hydrogens is 285 g/mol. The third-order valence-electron chi connectivity index (χ3n) is 1.98. The Morgan fingerprint density at radius 2 is 2.33 bits per heavy atom. The van der Waals surface area contributed by atoms with Crippen molar-refractivity contribution in [1.29, 1.82) is 0 Å². The van der Waals surface area contributed by atoms with E-state index in [1.165, 1.54) is 10.7 Å². The number of fused-ring (bicyclic) bond motifs is 1. The molecule has 0 spiro atoms. The van der Waals surface area contributed by atoms with E-state index < -0.39 is 5.97 Å². The SMILES string of the molecule is Cc1c(Cl)nn2c(C(=O)O)cnc2c1Br. The Balaban J connectivity index is 2.89. The highest BCUT2D eigenvalue weighted by molar-refractivity contribution is 9.10. The van der Waals surface area contributed by atoms with Gasteiger partial charge in [0.2, 0.25) is 0 Å². The Morgan fingerprint density at radius 1 is 1.67 bits per heavy atom. The van der Waals surface area contributed by atoms with Crippen LogP contribution >= 0.6 is 27.5 Å². The van der Waals surface area contributed by atoms with Crippen LogP contribution in [0.3, 0.4) is 0 Å². The Hall–Kier alpha value is -1.14. The predicted molar refractivity (Wildman–Crippen MR) is 57.4 cm³/mol. The molecule has 0 saturated heterocycles. The van der Waals surface area contributed by atoms with Crippen molar-refractivity contribution < 1.29 is 9.90 Å². The lowest BCUT2D eigenvalue weighted by Crippen LogP contribution is -2.05. The molecule has 15 heavy (non-hydrogen) atoms. The van der Waals surface area contributed by atoms with Crippen LogP contribution in [0.1, 0.15) is 16.1 Å². The zero-order valence-corrected chi connectivity index (χ0v) is 9.87. The van der Waals surface area contributed by atoms with Crippen LogP contribution in [-0.2, 0) is 0 Å². The summed E-state index contributed by atoms with van der Waals surface area (Å²) in [4.78, 5) is 14.8. The zero-order chi connectivity index (χ0) is 11.2. The van der Waals surface area contributed by atoms with Gasteiger partial charge in [-0.05, 0) is 22.9 Å². The molecule has 0 aliphatic rings. The van der Waals surface area contributed by atoms with Crippen molar-refractivity contribution in [2.45, 2.75) is 6.92 Å². The summed E-state index contributed by atoms with van der Waals surface area (Å²) in [6, 6.07) is 0. The van der Waals surface area contributed by atoms with E-state index in [1.54, 1.807) is 6.92 Å². The molecule has 1 N–H and O–H groups in total. The van der Waals surface area contributed by atoms with Gasteiger partial charge in [0.15, 0.2) is 16.5 Å². The molecule has 2 rings (SSSR count). The lowest BCUT2D eigenvalue weighted by atomic mass is 10.3. The number of carboxylic acids is 1. The molecule has 0 unspecified atom stereocenters. The van der Waals surface area contributed by atoms with Crippen LogP contribution in [0.4, 0.5) is 0 Å². The topological polar surface area (TPSA) is 67.5 Å². The zero-order valence-electron chi connectivity index (χ0n) is 7.53. The summed E-state index contributed by atoms with van der Waals surface area (Å²) in [5.41, 5.74) is 1.15. The van der Waals surface area contributed by atoms with Gasteiger partial charge in [-0.15, -0.1) is 0 Å².